The summed E-state index contributed by atoms with van der Waals surface area (Å²) in [4.78, 5) is 0. The Kier molecular flexibility index (Phi) is 4.32. The second kappa shape index (κ2) is 4.21. The predicted molar refractivity (Wildman–Crippen MR) is 25.2 cm³/mol. The van der Waals surface area contributed by atoms with Crippen molar-refractivity contribution in [2.24, 2.45) is 0 Å². The smallest absolute Gasteiger partial charge is 0.161 e. The zero-order valence-electron chi connectivity index (χ0n) is 4.64. The molecule has 0 nitrogen and oxygen atoms in total. The van der Waals surface area contributed by atoms with Gasteiger partial charge in [-0.05, 0) is 6.07 Å². The number of hydrogen-bond acceptors (Lipinski definition) is 0. The minimum absolute atomic E-state index is 0. The summed E-state index contributed by atoms with van der Waals surface area (Å²) in [6.07, 6.45) is 0. The number of benzene rings is 1. The van der Waals surface area contributed by atoms with Crippen molar-refractivity contribution in [1.82, 2.24) is 0 Å². The SMILES string of the molecule is Fc1[c]cc(F)c(F)c1.[Ar]. The van der Waals surface area contributed by atoms with Gasteiger partial charge >= 0.3 is 0 Å². The number of halogens is 3. The molecule has 1 aromatic rings. The Labute approximate surface area is 86.0 Å². The van der Waals surface area contributed by atoms with E-state index in [0.29, 0.717) is 12.1 Å². The van der Waals surface area contributed by atoms with Crippen molar-refractivity contribution in [3.05, 3.63) is 35.7 Å². The second-order valence-corrected chi connectivity index (χ2v) is 1.48. The summed E-state index contributed by atoms with van der Waals surface area (Å²) in [7, 11) is 0. The standard InChI is InChI=1S/C6H2F3.Ar/c7-4-1-2-5(8)6(9)3-4;/h2-3H;. The molecule has 4 heteroatoms. The van der Waals surface area contributed by atoms with Gasteiger partial charge < -0.3 is 0 Å². The summed E-state index contributed by atoms with van der Waals surface area (Å²) >= 11 is 0. The summed E-state index contributed by atoms with van der Waals surface area (Å²) in [5.41, 5.74) is 0. The second-order valence-electron chi connectivity index (χ2n) is 1.48. The maximum atomic E-state index is 11.9. The Morgan fingerprint density at radius 3 is 2.10 bits per heavy atom. The van der Waals surface area contributed by atoms with Crippen molar-refractivity contribution in [1.29, 1.82) is 0 Å². The van der Waals surface area contributed by atoms with Crippen molar-refractivity contribution < 1.29 is 50.9 Å². The first-order valence-electron chi connectivity index (χ1n) is 2.22. The maximum absolute atomic E-state index is 11.9. The molecule has 0 unspecified atom stereocenters. The van der Waals surface area contributed by atoms with E-state index in [1.54, 1.807) is 0 Å². The van der Waals surface area contributed by atoms with Crippen molar-refractivity contribution in [2.45, 2.75) is 0 Å². The zero-order chi connectivity index (χ0) is 6.85. The van der Waals surface area contributed by atoms with E-state index < -0.39 is 17.5 Å². The topological polar surface area (TPSA) is 0 Å². The third-order valence-corrected chi connectivity index (χ3v) is 0.818. The molecule has 0 saturated carbocycles. The van der Waals surface area contributed by atoms with Crippen LogP contribution in [-0.4, -0.2) is 0 Å². The average molecular weight is 171 g/mol. The normalized spacial score (nSPS) is 8.70. The van der Waals surface area contributed by atoms with Crippen LogP contribution in [0.25, 0.3) is 0 Å². The van der Waals surface area contributed by atoms with E-state index in [0.717, 1.165) is 0 Å². The first-order valence-corrected chi connectivity index (χ1v) is 2.22. The van der Waals surface area contributed by atoms with Gasteiger partial charge in [0.15, 0.2) is 11.6 Å². The first kappa shape index (κ1) is 10.3. The summed E-state index contributed by atoms with van der Waals surface area (Å²) < 4.78 is 35.8. The molecule has 0 aliphatic carbocycles. The molecule has 0 aliphatic heterocycles. The van der Waals surface area contributed by atoms with Crippen LogP contribution in [0.1, 0.15) is 0 Å². The molecule has 0 amide bonds. The molecule has 0 saturated heterocycles. The van der Waals surface area contributed by atoms with Gasteiger partial charge in [-0.25, -0.2) is 13.2 Å². The van der Waals surface area contributed by atoms with Gasteiger partial charge in [0, 0.05) is 49.9 Å². The summed E-state index contributed by atoms with van der Waals surface area (Å²) in [5.74, 6) is -3.17. The largest absolute Gasteiger partial charge is 0.206 e. The van der Waals surface area contributed by atoms with Gasteiger partial charge in [-0.2, -0.15) is 0 Å². The molecule has 0 bridgehead atoms. The van der Waals surface area contributed by atoms with Gasteiger partial charge in [0.2, 0.25) is 0 Å². The number of hydrogen-bond donors (Lipinski definition) is 0. The third kappa shape index (κ3) is 2.48. The average Bonchev–Trinajstić information content (AvgIpc) is 1.80. The van der Waals surface area contributed by atoms with Gasteiger partial charge in [0.25, 0.3) is 0 Å². The fourth-order valence-electron chi connectivity index (χ4n) is 0.423. The van der Waals surface area contributed by atoms with Crippen LogP contribution in [0.4, 0.5) is 13.2 Å². The van der Waals surface area contributed by atoms with Gasteiger partial charge in [-0.3, -0.25) is 0 Å². The van der Waals surface area contributed by atoms with Crippen molar-refractivity contribution in [3.63, 3.8) is 0 Å². The Bertz CT molecular complexity index is 224. The quantitative estimate of drug-likeness (QED) is 0.523. The van der Waals surface area contributed by atoms with E-state index in [9.17, 15) is 13.2 Å². The Balaban J connectivity index is 0.000000810. The maximum Gasteiger partial charge on any atom is 0.161 e. The molecule has 0 heterocycles. The zero-order valence-corrected chi connectivity index (χ0v) is 5.35. The van der Waals surface area contributed by atoms with Crippen LogP contribution in [-0.2, 0) is 0 Å². The van der Waals surface area contributed by atoms with Gasteiger partial charge in [-0.1, -0.05) is 0 Å². The first-order chi connectivity index (χ1) is 4.20. The van der Waals surface area contributed by atoms with Gasteiger partial charge in [-0.15, -0.1) is 0 Å². The molecule has 10 heavy (non-hydrogen) atoms. The molecule has 0 aliphatic rings. The van der Waals surface area contributed by atoms with Gasteiger partial charge in [0.05, 0.1) is 0 Å². The summed E-state index contributed by atoms with van der Waals surface area (Å²) in [5, 5.41) is 0. The van der Waals surface area contributed by atoms with E-state index >= 15 is 0 Å². The van der Waals surface area contributed by atoms with Gasteiger partial charge in [0.1, 0.15) is 5.82 Å². The fourth-order valence-corrected chi connectivity index (χ4v) is 0.423. The van der Waals surface area contributed by atoms with Crippen LogP contribution in [0.3, 0.4) is 0 Å². The van der Waals surface area contributed by atoms with Crippen LogP contribution in [0, 0.1) is 61.3 Å². The molecule has 0 fully saturated rings. The van der Waals surface area contributed by atoms with E-state index in [4.69, 9.17) is 0 Å². The molecular weight excluding hydrogens is 169 g/mol. The molecule has 1 aromatic carbocycles. The van der Waals surface area contributed by atoms with E-state index in [-0.39, 0.29) is 37.7 Å². The molecule has 0 N–H and O–H groups in total. The van der Waals surface area contributed by atoms with Crippen molar-refractivity contribution in [2.75, 3.05) is 0 Å². The minimum atomic E-state index is -1.19. The van der Waals surface area contributed by atoms with E-state index in [1.807, 2.05) is 6.07 Å². The molecule has 1 rings (SSSR count). The van der Waals surface area contributed by atoms with Crippen LogP contribution >= 0.6 is 0 Å². The number of rotatable bonds is 0. The molecule has 1 radical (unpaired) electrons. The molecule has 0 atom stereocenters. The Morgan fingerprint density at radius 1 is 1.10 bits per heavy atom. The van der Waals surface area contributed by atoms with Crippen LogP contribution in [0.15, 0.2) is 12.1 Å². The minimum Gasteiger partial charge on any atom is -0.206 e. The Hall–Kier alpha value is 0.270. The third-order valence-electron chi connectivity index (χ3n) is 0.818. The van der Waals surface area contributed by atoms with E-state index in [1.165, 1.54) is 0 Å². The van der Waals surface area contributed by atoms with Crippen LogP contribution in [0.2, 0.25) is 0 Å². The molecular formula is C6H2ArF3. The Morgan fingerprint density at radius 2 is 1.70 bits per heavy atom. The van der Waals surface area contributed by atoms with Crippen LogP contribution < -0.4 is 0 Å². The summed E-state index contributed by atoms with van der Waals surface area (Å²) in [6.45, 7) is 0. The van der Waals surface area contributed by atoms with Crippen LogP contribution in [0.5, 0.6) is 0 Å². The fraction of sp³-hybridized carbons (Fsp3) is 0. The summed E-state index contributed by atoms with van der Waals surface area (Å²) in [6, 6.07) is 2.91. The van der Waals surface area contributed by atoms with Crippen molar-refractivity contribution >= 4 is 0 Å². The van der Waals surface area contributed by atoms with Crippen molar-refractivity contribution in [3.8, 4) is 0 Å². The molecule has 0 spiro atoms. The molecule has 0 aromatic heterocycles. The monoisotopic (exact) mass is 171 g/mol. The molecule has 55 valence electrons. The van der Waals surface area contributed by atoms with E-state index in [2.05, 4.69) is 0 Å². The predicted octanol–water partition coefficient (Wildman–Crippen LogP) is 1.90.